The van der Waals surface area contributed by atoms with Crippen molar-refractivity contribution in [1.29, 1.82) is 0 Å². The minimum atomic E-state index is -0.388. The number of tetrazole rings is 1. The van der Waals surface area contributed by atoms with Gasteiger partial charge in [-0.1, -0.05) is 29.0 Å². The molecule has 4 heterocycles. The van der Waals surface area contributed by atoms with Crippen molar-refractivity contribution in [2.75, 3.05) is 42.6 Å². The topological polar surface area (TPSA) is 89.3 Å². The van der Waals surface area contributed by atoms with Gasteiger partial charge in [0.15, 0.2) is 11.7 Å². The number of ether oxygens (including phenoxy) is 1. The zero-order chi connectivity index (χ0) is 22.2. The average Bonchev–Trinajstić information content (AvgIpc) is 3.52. The molecule has 3 aromatic rings. The second-order valence-corrected chi connectivity index (χ2v) is 9.25. The first kappa shape index (κ1) is 20.9. The summed E-state index contributed by atoms with van der Waals surface area (Å²) in [5.74, 6) is 0.0708. The van der Waals surface area contributed by atoms with Crippen molar-refractivity contribution in [1.82, 2.24) is 25.2 Å². The zero-order valence-corrected chi connectivity index (χ0v) is 19.4. The number of aromatic nitrogens is 5. The first-order valence-electron chi connectivity index (χ1n) is 10.4. The highest BCUT2D eigenvalue weighted by Crippen LogP contribution is 2.36. The van der Waals surface area contributed by atoms with Crippen molar-refractivity contribution in [3.8, 4) is 10.7 Å². The fraction of sp³-hybridized carbons (Fsp3) is 0.381. The summed E-state index contributed by atoms with van der Waals surface area (Å²) in [7, 11) is 0. The molecule has 0 amide bonds. The molecule has 0 aliphatic carbocycles. The van der Waals surface area contributed by atoms with Crippen molar-refractivity contribution in [2.45, 2.75) is 20.4 Å². The van der Waals surface area contributed by atoms with E-state index in [0.29, 0.717) is 12.4 Å². The van der Waals surface area contributed by atoms with Crippen LogP contribution in [0.15, 0.2) is 35.5 Å². The molecule has 2 aliphatic rings. The number of nitrogens with zero attached hydrogens (tertiary/aromatic N) is 7. The van der Waals surface area contributed by atoms with Crippen molar-refractivity contribution < 1.29 is 9.53 Å². The van der Waals surface area contributed by atoms with Gasteiger partial charge in [0.2, 0.25) is 5.82 Å². The lowest BCUT2D eigenvalue weighted by Crippen LogP contribution is -2.30. The molecule has 0 saturated heterocycles. The summed E-state index contributed by atoms with van der Waals surface area (Å²) in [5, 5.41) is 14.0. The van der Waals surface area contributed by atoms with Gasteiger partial charge < -0.3 is 14.5 Å². The van der Waals surface area contributed by atoms with E-state index >= 15 is 0 Å². The van der Waals surface area contributed by atoms with E-state index < -0.39 is 0 Å². The third kappa shape index (κ3) is 4.07. The van der Waals surface area contributed by atoms with E-state index in [1.54, 1.807) is 13.1 Å². The first-order chi connectivity index (χ1) is 15.5. The minimum Gasteiger partial charge on any atom is -0.465 e. The molecule has 0 fully saturated rings. The fourth-order valence-electron chi connectivity index (χ4n) is 4.05. The molecule has 5 rings (SSSR count). The average molecular weight is 472 g/mol. The van der Waals surface area contributed by atoms with Gasteiger partial charge in [-0.2, -0.15) is 4.80 Å². The fourth-order valence-corrected chi connectivity index (χ4v) is 5.06. The van der Waals surface area contributed by atoms with E-state index in [9.17, 15) is 4.79 Å². The smallest absolute Gasteiger partial charge is 0.329 e. The third-order valence-corrected chi connectivity index (χ3v) is 6.84. The lowest BCUT2D eigenvalue weighted by molar-refractivity contribution is -0.144. The number of halogens is 1. The molecule has 0 atom stereocenters. The maximum atomic E-state index is 11.6. The quantitative estimate of drug-likeness (QED) is 0.400. The second kappa shape index (κ2) is 8.51. The van der Waals surface area contributed by atoms with Crippen molar-refractivity contribution in [3.63, 3.8) is 0 Å². The normalized spacial score (nSPS) is 15.6. The Bertz CT molecular complexity index is 1190. The molecule has 0 saturated carbocycles. The predicted molar refractivity (Wildman–Crippen MR) is 123 cm³/mol. The van der Waals surface area contributed by atoms with Crippen LogP contribution < -0.4 is 9.80 Å². The molecule has 0 radical (unpaired) electrons. The summed E-state index contributed by atoms with van der Waals surface area (Å²) in [5.41, 5.74) is 5.33. The molecule has 11 heteroatoms. The molecule has 9 nitrogen and oxygen atoms in total. The Morgan fingerprint density at radius 1 is 1.19 bits per heavy atom. The predicted octanol–water partition coefficient (Wildman–Crippen LogP) is 2.96. The van der Waals surface area contributed by atoms with Crippen LogP contribution in [0.5, 0.6) is 0 Å². The molecular formula is C21H22ClN7O2S. The number of benzene rings is 1. The van der Waals surface area contributed by atoms with Crippen LogP contribution in [0.1, 0.15) is 12.5 Å². The molecule has 32 heavy (non-hydrogen) atoms. The number of aryl methyl sites for hydroxylation is 1. The first-order valence-corrected chi connectivity index (χ1v) is 11.5. The highest BCUT2D eigenvalue weighted by Gasteiger charge is 2.32. The number of hydrogen-bond donors (Lipinski definition) is 0. The standard InChI is InChI=1S/C21H22ClN7O2S/c1-3-31-19(30)12-29-25-20(24-26-29)18-7-23-21(32-18)28-10-14-8-27(9-15(14)11-28)17-6-16(22)5-4-13(17)2/h4-7H,3,8-12H2,1-2H3. The highest BCUT2D eigenvalue weighted by atomic mass is 35.5. The summed E-state index contributed by atoms with van der Waals surface area (Å²) in [6.45, 7) is 7.69. The van der Waals surface area contributed by atoms with Crippen molar-refractivity contribution >= 4 is 39.7 Å². The van der Waals surface area contributed by atoms with Gasteiger partial charge in [-0.25, -0.2) is 9.78 Å². The third-order valence-electron chi connectivity index (χ3n) is 5.55. The molecular weight excluding hydrogens is 450 g/mol. The molecule has 2 aromatic heterocycles. The molecule has 0 bridgehead atoms. The van der Waals surface area contributed by atoms with Crippen LogP contribution in [-0.4, -0.2) is 63.9 Å². The molecule has 0 spiro atoms. The van der Waals surface area contributed by atoms with Gasteiger partial charge in [-0.15, -0.1) is 10.2 Å². The molecule has 2 aliphatic heterocycles. The largest absolute Gasteiger partial charge is 0.465 e. The summed E-state index contributed by atoms with van der Waals surface area (Å²) < 4.78 is 4.92. The summed E-state index contributed by atoms with van der Waals surface area (Å²) in [6, 6.07) is 6.05. The van der Waals surface area contributed by atoms with Gasteiger partial charge in [0.25, 0.3) is 0 Å². The van der Waals surface area contributed by atoms with Crippen LogP contribution in [0.4, 0.5) is 10.8 Å². The van der Waals surface area contributed by atoms with Crippen LogP contribution in [0.25, 0.3) is 10.7 Å². The van der Waals surface area contributed by atoms with Gasteiger partial charge in [-0.3, -0.25) is 0 Å². The van der Waals surface area contributed by atoms with Crippen molar-refractivity contribution in [3.05, 3.63) is 46.1 Å². The maximum Gasteiger partial charge on any atom is 0.329 e. The number of anilines is 2. The number of esters is 1. The van der Waals surface area contributed by atoms with E-state index in [4.69, 9.17) is 16.3 Å². The van der Waals surface area contributed by atoms with E-state index in [-0.39, 0.29) is 12.5 Å². The second-order valence-electron chi connectivity index (χ2n) is 7.81. The van der Waals surface area contributed by atoms with Crippen LogP contribution in [0, 0.1) is 6.92 Å². The minimum absolute atomic E-state index is 0.0577. The summed E-state index contributed by atoms with van der Waals surface area (Å²) in [4.78, 5) is 22.9. The van der Waals surface area contributed by atoms with Gasteiger partial charge in [-0.05, 0) is 47.9 Å². The maximum absolute atomic E-state index is 11.6. The zero-order valence-electron chi connectivity index (χ0n) is 17.8. The van der Waals surface area contributed by atoms with Crippen molar-refractivity contribution in [2.24, 2.45) is 0 Å². The summed E-state index contributed by atoms with van der Waals surface area (Å²) in [6.07, 6.45) is 1.76. The Morgan fingerprint density at radius 2 is 1.94 bits per heavy atom. The SMILES string of the molecule is CCOC(=O)Cn1nnc(-c2cnc(N3CC4=C(C3)CN(c3cc(Cl)ccc3C)C4)s2)n1. The van der Waals surface area contributed by atoms with E-state index in [1.165, 1.54) is 38.5 Å². The number of rotatable bonds is 6. The van der Waals surface area contributed by atoms with Crippen LogP contribution >= 0.6 is 22.9 Å². The summed E-state index contributed by atoms with van der Waals surface area (Å²) >= 11 is 7.75. The van der Waals surface area contributed by atoms with Gasteiger partial charge in [0.05, 0.1) is 17.7 Å². The van der Waals surface area contributed by atoms with Crippen LogP contribution in [0.2, 0.25) is 5.02 Å². The monoisotopic (exact) mass is 471 g/mol. The highest BCUT2D eigenvalue weighted by molar-refractivity contribution is 7.18. The molecule has 166 valence electrons. The lowest BCUT2D eigenvalue weighted by Gasteiger charge is -2.25. The van der Waals surface area contributed by atoms with E-state index in [0.717, 1.165) is 41.2 Å². The van der Waals surface area contributed by atoms with Crippen LogP contribution in [0.3, 0.4) is 0 Å². The number of carbonyl (C=O) groups is 1. The van der Waals surface area contributed by atoms with E-state index in [2.05, 4.69) is 43.2 Å². The Balaban J connectivity index is 1.22. The van der Waals surface area contributed by atoms with Gasteiger partial charge in [0.1, 0.15) is 0 Å². The Kier molecular flexibility index (Phi) is 5.56. The van der Waals surface area contributed by atoms with Gasteiger partial charge in [0, 0.05) is 36.9 Å². The Morgan fingerprint density at radius 3 is 2.69 bits per heavy atom. The van der Waals surface area contributed by atoms with Gasteiger partial charge >= 0.3 is 5.97 Å². The number of thiazole rings is 1. The molecule has 1 aromatic carbocycles. The molecule has 0 unspecified atom stereocenters. The van der Waals surface area contributed by atoms with Crippen LogP contribution in [-0.2, 0) is 16.1 Å². The number of carbonyl (C=O) groups excluding carboxylic acids is 1. The number of hydrogen-bond acceptors (Lipinski definition) is 9. The Labute approximate surface area is 194 Å². The molecule has 0 N–H and O–H groups in total. The Hall–Kier alpha value is -2.98. The van der Waals surface area contributed by atoms with E-state index in [1.807, 2.05) is 12.1 Å². The lowest BCUT2D eigenvalue weighted by atomic mass is 10.2.